The zero-order chi connectivity index (χ0) is 27.9. The van der Waals surface area contributed by atoms with Crippen LogP contribution in [0.3, 0.4) is 0 Å². The van der Waals surface area contributed by atoms with Crippen molar-refractivity contribution in [2.75, 3.05) is 4.90 Å². The van der Waals surface area contributed by atoms with E-state index < -0.39 is 11.9 Å². The molecule has 0 saturated heterocycles. The minimum absolute atomic E-state index is 0.434. The molecule has 0 aliphatic carbocycles. The van der Waals surface area contributed by atoms with Gasteiger partial charge in [-0.3, -0.25) is 0 Å². The van der Waals surface area contributed by atoms with Gasteiger partial charge >= 0.3 is 11.9 Å². The molecule has 1 aliphatic heterocycles. The van der Waals surface area contributed by atoms with Crippen LogP contribution in [0.2, 0.25) is 0 Å². The number of anilines is 3. The third-order valence-electron chi connectivity index (χ3n) is 8.63. The second-order valence-corrected chi connectivity index (χ2v) is 10.8. The lowest BCUT2D eigenvalue weighted by atomic mass is 9.85. The van der Waals surface area contributed by atoms with Crippen LogP contribution in [-0.4, -0.2) is 11.9 Å². The van der Waals surface area contributed by atoms with Gasteiger partial charge in [0.1, 0.15) is 0 Å². The van der Waals surface area contributed by atoms with E-state index in [0.29, 0.717) is 16.5 Å². The van der Waals surface area contributed by atoms with Gasteiger partial charge in [0.05, 0.1) is 16.8 Å². The van der Waals surface area contributed by atoms with Crippen LogP contribution in [0.5, 0.6) is 0 Å². The molecular weight excluding hydrogens is 518 g/mol. The molecule has 0 unspecified atom stereocenters. The molecule has 0 aromatic heterocycles. The maximum atomic E-state index is 12.7. The first-order valence-corrected chi connectivity index (χ1v) is 13.9. The highest BCUT2D eigenvalue weighted by molar-refractivity contribution is 6.38. The Morgan fingerprint density at radius 1 is 0.429 bits per heavy atom. The predicted octanol–water partition coefficient (Wildman–Crippen LogP) is 9.67. The van der Waals surface area contributed by atoms with Crippen molar-refractivity contribution in [2.24, 2.45) is 0 Å². The molecule has 8 aromatic carbocycles. The Labute approximate surface area is 240 Å². The number of fused-ring (bicyclic) bond motifs is 3. The van der Waals surface area contributed by atoms with Gasteiger partial charge in [0.25, 0.3) is 0 Å². The van der Waals surface area contributed by atoms with E-state index in [1.807, 2.05) is 18.2 Å². The van der Waals surface area contributed by atoms with Crippen LogP contribution in [0.25, 0.3) is 53.9 Å². The molecule has 4 nitrogen and oxygen atoms in total. The summed E-state index contributed by atoms with van der Waals surface area (Å²) in [5.74, 6) is -1.19. The minimum Gasteiger partial charge on any atom is -0.386 e. The van der Waals surface area contributed by atoms with Gasteiger partial charge in [-0.25, -0.2) is 9.59 Å². The second-order valence-electron chi connectivity index (χ2n) is 10.8. The fourth-order valence-electron chi connectivity index (χ4n) is 6.83. The molecule has 0 N–H and O–H groups in total. The summed E-state index contributed by atoms with van der Waals surface area (Å²) in [5, 5.41) is 10.5. The highest BCUT2D eigenvalue weighted by atomic mass is 16.6. The Bertz CT molecular complexity index is 2360. The smallest absolute Gasteiger partial charge is 0.346 e. The number of carbonyl (C=O) groups excluding carboxylic acids is 2. The number of cyclic esters (lactones) is 2. The Morgan fingerprint density at radius 3 is 1.81 bits per heavy atom. The summed E-state index contributed by atoms with van der Waals surface area (Å²) in [6.45, 7) is 0. The average molecular weight is 540 g/mol. The Balaban J connectivity index is 1.39. The number of ether oxygens (including phenoxy) is 1. The number of hydrogen-bond acceptors (Lipinski definition) is 4. The van der Waals surface area contributed by atoms with E-state index >= 15 is 0 Å². The zero-order valence-electron chi connectivity index (χ0n) is 22.3. The summed E-state index contributed by atoms with van der Waals surface area (Å²) in [4.78, 5) is 27.7. The standard InChI is InChI=1S/C38H21NO3/c40-37-31-17-15-28-26-11-6-12-30-33(20-19-27(34(26)30)29-16-18-32(38(41)42-37)36(31)35(28)29)39(24-9-2-1-3-10-24)25-14-13-22-7-4-5-8-23(22)21-25/h1-21H. The summed E-state index contributed by atoms with van der Waals surface area (Å²) >= 11 is 0. The normalized spacial score (nSPS) is 13.0. The predicted molar refractivity (Wildman–Crippen MR) is 170 cm³/mol. The van der Waals surface area contributed by atoms with E-state index in [1.165, 1.54) is 10.8 Å². The lowest BCUT2D eigenvalue weighted by molar-refractivity contribution is 0.0391. The van der Waals surface area contributed by atoms with Gasteiger partial charge in [0, 0.05) is 22.1 Å². The highest BCUT2D eigenvalue weighted by Crippen LogP contribution is 2.47. The highest BCUT2D eigenvalue weighted by Gasteiger charge is 2.30. The number of para-hydroxylation sites is 1. The first-order valence-electron chi connectivity index (χ1n) is 13.9. The van der Waals surface area contributed by atoms with Crippen LogP contribution in [0, 0.1) is 0 Å². The van der Waals surface area contributed by atoms with Crippen LogP contribution in [0.15, 0.2) is 127 Å². The monoisotopic (exact) mass is 539 g/mol. The molecule has 0 saturated carbocycles. The molecule has 0 fully saturated rings. The SMILES string of the molecule is O=C1OC(=O)c2ccc3c4ccc(N(c5ccccc5)c5ccc6ccccc6c5)c5cccc(c6ccc1c2c63)c54. The summed E-state index contributed by atoms with van der Waals surface area (Å²) in [6, 6.07) is 43.8. The van der Waals surface area contributed by atoms with E-state index in [-0.39, 0.29) is 0 Å². The first-order chi connectivity index (χ1) is 20.7. The van der Waals surface area contributed by atoms with E-state index in [2.05, 4.69) is 102 Å². The molecule has 42 heavy (non-hydrogen) atoms. The van der Waals surface area contributed by atoms with Crippen molar-refractivity contribution in [3.8, 4) is 0 Å². The Kier molecular flexibility index (Phi) is 4.59. The molecule has 1 heterocycles. The molecule has 9 rings (SSSR count). The molecule has 0 spiro atoms. The van der Waals surface area contributed by atoms with Crippen molar-refractivity contribution < 1.29 is 14.3 Å². The van der Waals surface area contributed by atoms with Crippen LogP contribution in [-0.2, 0) is 4.74 Å². The lowest BCUT2D eigenvalue weighted by Crippen LogP contribution is -2.19. The third kappa shape index (κ3) is 3.06. The van der Waals surface area contributed by atoms with Crippen molar-refractivity contribution in [3.05, 3.63) is 139 Å². The van der Waals surface area contributed by atoms with Gasteiger partial charge in [-0.15, -0.1) is 0 Å². The molecule has 4 heteroatoms. The number of nitrogens with zero attached hydrogens (tertiary/aromatic N) is 1. The van der Waals surface area contributed by atoms with E-state index in [1.54, 1.807) is 12.1 Å². The van der Waals surface area contributed by atoms with Crippen LogP contribution in [0.4, 0.5) is 17.1 Å². The summed E-state index contributed by atoms with van der Waals surface area (Å²) in [6.07, 6.45) is 0. The second kappa shape index (κ2) is 8.38. The average Bonchev–Trinajstić information content (AvgIpc) is 3.03. The quantitative estimate of drug-likeness (QED) is 0.0970. The van der Waals surface area contributed by atoms with Gasteiger partial charge in [-0.2, -0.15) is 0 Å². The largest absolute Gasteiger partial charge is 0.386 e. The van der Waals surface area contributed by atoms with Gasteiger partial charge in [0.2, 0.25) is 0 Å². The van der Waals surface area contributed by atoms with Crippen molar-refractivity contribution in [3.63, 3.8) is 0 Å². The van der Waals surface area contributed by atoms with Crippen LogP contribution in [0.1, 0.15) is 20.7 Å². The summed E-state index contributed by atoms with van der Waals surface area (Å²) < 4.78 is 5.03. The number of esters is 2. The van der Waals surface area contributed by atoms with Gasteiger partial charge in [-0.05, 0) is 85.6 Å². The molecule has 1 aliphatic rings. The van der Waals surface area contributed by atoms with E-state index in [0.717, 1.165) is 54.8 Å². The molecule has 0 bridgehead atoms. The number of benzene rings is 8. The maximum Gasteiger partial charge on any atom is 0.346 e. The van der Waals surface area contributed by atoms with Crippen molar-refractivity contribution in [1.29, 1.82) is 0 Å². The molecular formula is C38H21NO3. The van der Waals surface area contributed by atoms with E-state index in [9.17, 15) is 9.59 Å². The molecule has 0 amide bonds. The Morgan fingerprint density at radius 2 is 1.05 bits per heavy atom. The van der Waals surface area contributed by atoms with Crippen LogP contribution < -0.4 is 4.90 Å². The fraction of sp³-hybridized carbons (Fsp3) is 0. The van der Waals surface area contributed by atoms with Crippen LogP contribution >= 0.6 is 0 Å². The van der Waals surface area contributed by atoms with Gasteiger partial charge in [0.15, 0.2) is 0 Å². The number of carbonyl (C=O) groups is 2. The molecule has 0 atom stereocenters. The van der Waals surface area contributed by atoms with Gasteiger partial charge < -0.3 is 9.64 Å². The number of hydrogen-bond donors (Lipinski definition) is 0. The zero-order valence-corrected chi connectivity index (χ0v) is 22.3. The summed E-state index contributed by atoms with van der Waals surface area (Å²) in [7, 11) is 0. The van der Waals surface area contributed by atoms with Gasteiger partial charge in [-0.1, -0.05) is 84.9 Å². The first kappa shape index (κ1) is 23.0. The van der Waals surface area contributed by atoms with E-state index in [4.69, 9.17) is 4.74 Å². The third-order valence-corrected chi connectivity index (χ3v) is 8.63. The summed E-state index contributed by atoms with van der Waals surface area (Å²) in [5.41, 5.74) is 4.09. The Hall–Kier alpha value is -5.74. The fourth-order valence-corrected chi connectivity index (χ4v) is 6.83. The van der Waals surface area contributed by atoms with Crippen molar-refractivity contribution in [1.82, 2.24) is 0 Å². The maximum absolute atomic E-state index is 12.7. The molecule has 0 radical (unpaired) electrons. The lowest BCUT2D eigenvalue weighted by Gasteiger charge is -2.28. The topological polar surface area (TPSA) is 46.6 Å². The molecule has 8 aromatic rings. The minimum atomic E-state index is -0.593. The van der Waals surface area contributed by atoms with Crippen molar-refractivity contribution in [2.45, 2.75) is 0 Å². The number of rotatable bonds is 3. The van der Waals surface area contributed by atoms with Crippen molar-refractivity contribution >= 4 is 82.9 Å². The molecule has 196 valence electrons.